The molecule has 4 fully saturated rings. The largest absolute Gasteiger partial charge is 0.455 e. The summed E-state index contributed by atoms with van der Waals surface area (Å²) in [5.41, 5.74) is -0.360. The van der Waals surface area contributed by atoms with Gasteiger partial charge >= 0.3 is 5.97 Å². The van der Waals surface area contributed by atoms with Crippen molar-refractivity contribution in [2.75, 3.05) is 6.61 Å². The highest BCUT2D eigenvalue weighted by Gasteiger charge is 2.60. The molecular weight excluding hydrogens is 390 g/mol. The fourth-order valence-corrected chi connectivity index (χ4v) is 7.42. The Morgan fingerprint density at radius 3 is 2.67 bits per heavy atom. The van der Waals surface area contributed by atoms with E-state index in [1.807, 2.05) is 17.5 Å². The maximum absolute atomic E-state index is 12.8. The van der Waals surface area contributed by atoms with Crippen LogP contribution in [0.15, 0.2) is 17.5 Å². The Balaban J connectivity index is 1.32. The smallest absolute Gasteiger partial charge is 0.312 e. The predicted molar refractivity (Wildman–Crippen MR) is 95.9 cm³/mol. The number of thiophene rings is 1. The average Bonchev–Trinajstić information content (AvgIpc) is 3.01. The third-order valence-electron chi connectivity index (χ3n) is 5.80. The topological polar surface area (TPSA) is 55.4 Å². The first-order valence-corrected chi connectivity index (χ1v) is 10.3. The van der Waals surface area contributed by atoms with Crippen molar-refractivity contribution >= 4 is 39.1 Å². The highest BCUT2D eigenvalue weighted by molar-refractivity contribution is 9.10. The Morgan fingerprint density at radius 1 is 1.29 bits per heavy atom. The molecule has 1 heterocycles. The SMILES string of the molecule is O=C(COC(=O)C12C[C@@H]3C[C@@H](CC(Br)(C3)C1)C2)NCc1cccs1. The van der Waals surface area contributed by atoms with E-state index in [0.717, 1.165) is 24.1 Å². The van der Waals surface area contributed by atoms with Gasteiger partial charge in [-0.1, -0.05) is 22.0 Å². The Bertz CT molecular complexity index is 631. The minimum Gasteiger partial charge on any atom is -0.455 e. The second-order valence-electron chi connectivity index (χ2n) is 7.82. The molecule has 1 amide bonds. The van der Waals surface area contributed by atoms with Crippen LogP contribution in [0.1, 0.15) is 43.4 Å². The van der Waals surface area contributed by atoms with Crippen LogP contribution in [-0.4, -0.2) is 22.8 Å². The average molecular weight is 412 g/mol. The van der Waals surface area contributed by atoms with Gasteiger partial charge in [-0.25, -0.2) is 0 Å². The minimum atomic E-state index is -0.360. The molecule has 1 N–H and O–H groups in total. The lowest BCUT2D eigenvalue weighted by atomic mass is 9.49. The highest BCUT2D eigenvalue weighted by Crippen LogP contribution is 2.64. The maximum atomic E-state index is 12.8. The zero-order chi connectivity index (χ0) is 16.8. The van der Waals surface area contributed by atoms with E-state index in [9.17, 15) is 9.59 Å². The number of hydrogen-bond acceptors (Lipinski definition) is 4. The van der Waals surface area contributed by atoms with Crippen LogP contribution in [-0.2, 0) is 20.9 Å². The molecule has 0 saturated heterocycles. The van der Waals surface area contributed by atoms with Gasteiger partial charge in [-0.05, 0) is 61.8 Å². The molecule has 6 heteroatoms. The van der Waals surface area contributed by atoms with Crippen molar-refractivity contribution in [1.29, 1.82) is 0 Å². The molecule has 4 atom stereocenters. The van der Waals surface area contributed by atoms with Crippen LogP contribution in [0.3, 0.4) is 0 Å². The van der Waals surface area contributed by atoms with Crippen molar-refractivity contribution in [3.8, 4) is 0 Å². The highest BCUT2D eigenvalue weighted by atomic mass is 79.9. The van der Waals surface area contributed by atoms with E-state index in [-0.39, 0.29) is 28.2 Å². The molecule has 4 bridgehead atoms. The van der Waals surface area contributed by atoms with Crippen molar-refractivity contribution in [2.45, 2.75) is 49.4 Å². The Hall–Kier alpha value is -0.880. The van der Waals surface area contributed by atoms with Gasteiger partial charge in [0.2, 0.25) is 0 Å². The second-order valence-corrected chi connectivity index (χ2v) is 10.5. The first-order valence-electron chi connectivity index (χ1n) is 8.62. The van der Waals surface area contributed by atoms with Gasteiger partial charge in [0, 0.05) is 9.20 Å². The molecular formula is C18H22BrNO3S. The van der Waals surface area contributed by atoms with Crippen LogP contribution < -0.4 is 5.32 Å². The summed E-state index contributed by atoms with van der Waals surface area (Å²) in [6.45, 7) is 0.324. The van der Waals surface area contributed by atoms with Gasteiger partial charge in [0.05, 0.1) is 12.0 Å². The first kappa shape index (κ1) is 16.6. The summed E-state index contributed by atoms with van der Waals surface area (Å²) in [6, 6.07) is 3.93. The zero-order valence-electron chi connectivity index (χ0n) is 13.6. The summed E-state index contributed by atoms with van der Waals surface area (Å²) in [5, 5.41) is 4.78. The molecule has 1 aromatic heterocycles. The normalized spacial score (nSPS) is 36.5. The van der Waals surface area contributed by atoms with Gasteiger partial charge in [0.15, 0.2) is 6.61 Å². The van der Waals surface area contributed by atoms with Gasteiger partial charge in [0.1, 0.15) is 0 Å². The molecule has 4 saturated carbocycles. The number of carbonyl (C=O) groups is 2. The number of ether oxygens (including phenoxy) is 1. The molecule has 4 aliphatic rings. The van der Waals surface area contributed by atoms with Crippen molar-refractivity contribution in [3.05, 3.63) is 22.4 Å². The van der Waals surface area contributed by atoms with E-state index in [1.165, 1.54) is 19.3 Å². The summed E-state index contributed by atoms with van der Waals surface area (Å²) in [4.78, 5) is 25.8. The van der Waals surface area contributed by atoms with E-state index >= 15 is 0 Å². The second kappa shape index (κ2) is 6.13. The van der Waals surface area contributed by atoms with E-state index in [2.05, 4.69) is 21.2 Å². The van der Waals surface area contributed by atoms with Gasteiger partial charge in [-0.2, -0.15) is 0 Å². The number of alkyl halides is 1. The lowest BCUT2D eigenvalue weighted by molar-refractivity contribution is -0.171. The number of rotatable bonds is 5. The lowest BCUT2D eigenvalue weighted by Crippen LogP contribution is -2.56. The summed E-state index contributed by atoms with van der Waals surface area (Å²) >= 11 is 5.50. The standard InChI is InChI=1S/C18H22BrNO3S/c19-18-7-12-4-13(8-18)6-17(5-12,11-18)16(22)23-10-15(21)20-9-14-2-1-3-24-14/h1-3,12-13H,4-11H2,(H,20,21)/t12-,13+,17?,18?. The predicted octanol–water partition coefficient (Wildman–Crippen LogP) is 3.64. The van der Waals surface area contributed by atoms with Crippen LogP contribution in [0.2, 0.25) is 0 Å². The van der Waals surface area contributed by atoms with Crippen LogP contribution in [0, 0.1) is 17.3 Å². The molecule has 0 aliphatic heterocycles. The molecule has 1 aromatic rings. The maximum Gasteiger partial charge on any atom is 0.312 e. The van der Waals surface area contributed by atoms with Crippen molar-refractivity contribution < 1.29 is 14.3 Å². The monoisotopic (exact) mass is 411 g/mol. The number of halogens is 1. The van der Waals surface area contributed by atoms with Crippen molar-refractivity contribution in [2.24, 2.45) is 17.3 Å². The van der Waals surface area contributed by atoms with Crippen LogP contribution >= 0.6 is 27.3 Å². The van der Waals surface area contributed by atoms with E-state index < -0.39 is 0 Å². The molecule has 24 heavy (non-hydrogen) atoms. The zero-order valence-corrected chi connectivity index (χ0v) is 16.0. The molecule has 0 spiro atoms. The quantitative estimate of drug-likeness (QED) is 0.594. The number of nitrogens with one attached hydrogen (secondary N) is 1. The van der Waals surface area contributed by atoms with Crippen molar-refractivity contribution in [3.63, 3.8) is 0 Å². The Labute approximate surface area is 154 Å². The van der Waals surface area contributed by atoms with Crippen LogP contribution in [0.25, 0.3) is 0 Å². The third kappa shape index (κ3) is 3.15. The lowest BCUT2D eigenvalue weighted by Gasteiger charge is -2.58. The number of amides is 1. The van der Waals surface area contributed by atoms with Gasteiger partial charge in [-0.15, -0.1) is 11.3 Å². The van der Waals surface area contributed by atoms with Crippen LogP contribution in [0.5, 0.6) is 0 Å². The fraction of sp³-hybridized carbons (Fsp3) is 0.667. The third-order valence-corrected chi connectivity index (χ3v) is 7.60. The molecule has 2 unspecified atom stereocenters. The summed E-state index contributed by atoms with van der Waals surface area (Å²) < 4.78 is 5.56. The first-order chi connectivity index (χ1) is 11.5. The summed E-state index contributed by atoms with van der Waals surface area (Å²) in [6.07, 6.45) is 6.35. The molecule has 0 aromatic carbocycles. The number of carbonyl (C=O) groups excluding carboxylic acids is 2. The van der Waals surface area contributed by atoms with E-state index in [0.29, 0.717) is 18.4 Å². The Morgan fingerprint density at radius 2 is 2.04 bits per heavy atom. The van der Waals surface area contributed by atoms with E-state index in [4.69, 9.17) is 4.74 Å². The van der Waals surface area contributed by atoms with Gasteiger partial charge < -0.3 is 10.1 Å². The summed E-state index contributed by atoms with van der Waals surface area (Å²) in [7, 11) is 0. The molecule has 0 radical (unpaired) electrons. The number of esters is 1. The van der Waals surface area contributed by atoms with Gasteiger partial charge in [0.25, 0.3) is 5.91 Å². The molecule has 130 valence electrons. The molecule has 4 nitrogen and oxygen atoms in total. The summed E-state index contributed by atoms with van der Waals surface area (Å²) in [5.74, 6) is 0.874. The fourth-order valence-electron chi connectivity index (χ4n) is 5.32. The van der Waals surface area contributed by atoms with Gasteiger partial charge in [-0.3, -0.25) is 9.59 Å². The molecule has 5 rings (SSSR count). The van der Waals surface area contributed by atoms with Crippen LogP contribution in [0.4, 0.5) is 0 Å². The minimum absolute atomic E-state index is 0.123. The number of hydrogen-bond donors (Lipinski definition) is 1. The van der Waals surface area contributed by atoms with E-state index in [1.54, 1.807) is 11.3 Å². The molecule has 4 aliphatic carbocycles. The Kier molecular flexibility index (Phi) is 4.23. The van der Waals surface area contributed by atoms with Crippen molar-refractivity contribution in [1.82, 2.24) is 5.32 Å².